The van der Waals surface area contributed by atoms with E-state index in [0.29, 0.717) is 30.2 Å². The van der Waals surface area contributed by atoms with Crippen molar-refractivity contribution < 1.29 is 22.0 Å². The molecule has 1 aromatic carbocycles. The Morgan fingerprint density at radius 1 is 0.844 bits per heavy atom. The number of benzene rings is 1. The number of hydrogen-bond donors (Lipinski definition) is 0. The highest BCUT2D eigenvalue weighted by molar-refractivity contribution is 5.38. The summed E-state index contributed by atoms with van der Waals surface area (Å²) in [4.78, 5) is 0. The number of fused-ring (bicyclic) bond motifs is 2. The number of hydrogen-bond acceptors (Lipinski definition) is 0. The van der Waals surface area contributed by atoms with Crippen LogP contribution in [0.4, 0.5) is 22.0 Å². The van der Waals surface area contributed by atoms with Crippen molar-refractivity contribution >= 4 is 0 Å². The third kappa shape index (κ3) is 5.17. The Balaban J connectivity index is 1.35. The van der Waals surface area contributed by atoms with Gasteiger partial charge in [-0.1, -0.05) is 45.4 Å². The van der Waals surface area contributed by atoms with Crippen LogP contribution in [0.3, 0.4) is 0 Å². The van der Waals surface area contributed by atoms with Crippen molar-refractivity contribution in [2.75, 3.05) is 0 Å². The fourth-order valence-corrected chi connectivity index (χ4v) is 7.11. The van der Waals surface area contributed by atoms with Gasteiger partial charge in [0.25, 0.3) is 0 Å². The predicted molar refractivity (Wildman–Crippen MR) is 117 cm³/mol. The Morgan fingerprint density at radius 2 is 1.53 bits per heavy atom. The van der Waals surface area contributed by atoms with E-state index < -0.39 is 23.4 Å². The molecule has 0 saturated heterocycles. The molecule has 0 radical (unpaired) electrons. The van der Waals surface area contributed by atoms with E-state index in [-0.39, 0.29) is 5.56 Å². The number of halogens is 5. The van der Waals surface area contributed by atoms with Gasteiger partial charge >= 0.3 is 6.18 Å². The van der Waals surface area contributed by atoms with Gasteiger partial charge in [-0.3, -0.25) is 0 Å². The Morgan fingerprint density at radius 3 is 2.25 bits per heavy atom. The highest BCUT2D eigenvalue weighted by atomic mass is 19.4. The van der Waals surface area contributed by atoms with E-state index in [2.05, 4.69) is 6.92 Å². The van der Waals surface area contributed by atoms with Gasteiger partial charge in [-0.25, -0.2) is 8.78 Å². The van der Waals surface area contributed by atoms with Gasteiger partial charge in [-0.2, -0.15) is 13.2 Å². The fourth-order valence-electron chi connectivity index (χ4n) is 7.11. The van der Waals surface area contributed by atoms with Crippen LogP contribution in [-0.2, 0) is 19.0 Å². The van der Waals surface area contributed by atoms with Crippen molar-refractivity contribution in [1.29, 1.82) is 0 Å². The molecule has 3 aliphatic carbocycles. The molecular formula is C27H37F5. The molecule has 0 aromatic heterocycles. The van der Waals surface area contributed by atoms with Crippen LogP contribution < -0.4 is 0 Å². The van der Waals surface area contributed by atoms with Gasteiger partial charge in [0.05, 0.1) is 0 Å². The Hall–Kier alpha value is -1.13. The minimum absolute atomic E-state index is 0.0900. The first-order chi connectivity index (χ1) is 15.3. The van der Waals surface area contributed by atoms with Crippen LogP contribution in [0.25, 0.3) is 0 Å². The molecule has 5 heteroatoms. The molecule has 0 bridgehead atoms. The lowest BCUT2D eigenvalue weighted by atomic mass is 9.60. The zero-order valence-electron chi connectivity index (χ0n) is 19.3. The zero-order chi connectivity index (χ0) is 22.9. The lowest BCUT2D eigenvalue weighted by Gasteiger charge is -2.45. The lowest BCUT2D eigenvalue weighted by molar-refractivity contribution is -0.142. The summed E-state index contributed by atoms with van der Waals surface area (Å²) in [6.45, 7) is 2.25. The maximum Gasteiger partial charge on any atom is 0.422 e. The number of alkyl halides is 3. The summed E-state index contributed by atoms with van der Waals surface area (Å²) in [6, 6.07) is 0.961. The Bertz CT molecular complexity index is 783. The standard InChI is InChI=1S/C27H37F5/c1-2-3-4-5-6-17-7-8-19-14-20(10-9-18(19)13-17)21-11-12-23-22(15-21)16-24(28)25(26(23)29)27(30,31)32/h16-21H,2-15H2,1H3. The van der Waals surface area contributed by atoms with Crippen molar-refractivity contribution in [2.45, 2.75) is 103 Å². The first kappa shape index (κ1) is 24.0. The Labute approximate surface area is 189 Å². The smallest absolute Gasteiger partial charge is 0.206 e. The maximum absolute atomic E-state index is 14.5. The SMILES string of the molecule is CCCCCCC1CCC2CC(C3CCc4c(cc(F)c(C(F)(F)F)c4F)C3)CCC2C1. The Kier molecular flexibility index (Phi) is 7.51. The first-order valence-corrected chi connectivity index (χ1v) is 12.8. The number of rotatable bonds is 6. The molecule has 2 saturated carbocycles. The highest BCUT2D eigenvalue weighted by Crippen LogP contribution is 2.49. The van der Waals surface area contributed by atoms with Crippen molar-refractivity contribution in [2.24, 2.45) is 29.6 Å². The maximum atomic E-state index is 14.5. The van der Waals surface area contributed by atoms with E-state index >= 15 is 0 Å². The summed E-state index contributed by atoms with van der Waals surface area (Å²) < 4.78 is 67.8. The fraction of sp³-hybridized carbons (Fsp3) is 0.778. The van der Waals surface area contributed by atoms with Crippen molar-refractivity contribution in [3.8, 4) is 0 Å². The topological polar surface area (TPSA) is 0 Å². The van der Waals surface area contributed by atoms with Gasteiger partial charge in [0.1, 0.15) is 17.2 Å². The van der Waals surface area contributed by atoms with E-state index in [9.17, 15) is 22.0 Å². The molecule has 180 valence electrons. The molecule has 32 heavy (non-hydrogen) atoms. The largest absolute Gasteiger partial charge is 0.422 e. The molecular weight excluding hydrogens is 419 g/mol. The minimum Gasteiger partial charge on any atom is -0.206 e. The van der Waals surface area contributed by atoms with Gasteiger partial charge in [0, 0.05) is 0 Å². The number of unbranched alkanes of at least 4 members (excludes halogenated alkanes) is 3. The lowest BCUT2D eigenvalue weighted by Crippen LogP contribution is -2.35. The molecule has 2 fully saturated rings. The normalized spacial score (nSPS) is 30.6. The van der Waals surface area contributed by atoms with E-state index in [1.807, 2.05) is 0 Å². The van der Waals surface area contributed by atoms with E-state index in [0.717, 1.165) is 36.7 Å². The minimum atomic E-state index is -4.99. The van der Waals surface area contributed by atoms with E-state index in [4.69, 9.17) is 0 Å². The molecule has 0 heterocycles. The summed E-state index contributed by atoms with van der Waals surface area (Å²) in [7, 11) is 0. The first-order valence-electron chi connectivity index (χ1n) is 12.8. The summed E-state index contributed by atoms with van der Waals surface area (Å²) in [5, 5.41) is 0. The molecule has 0 aliphatic heterocycles. The second-order valence-electron chi connectivity index (χ2n) is 10.8. The van der Waals surface area contributed by atoms with Crippen LogP contribution in [-0.4, -0.2) is 0 Å². The van der Waals surface area contributed by atoms with Crippen molar-refractivity contribution in [3.05, 3.63) is 34.4 Å². The molecule has 1 aromatic rings. The molecule has 0 nitrogen and oxygen atoms in total. The third-order valence-electron chi connectivity index (χ3n) is 8.84. The quantitative estimate of drug-likeness (QED) is 0.296. The van der Waals surface area contributed by atoms with Gasteiger partial charge in [-0.05, 0) is 98.1 Å². The van der Waals surface area contributed by atoms with E-state index in [1.165, 1.54) is 64.2 Å². The average Bonchev–Trinajstić information content (AvgIpc) is 2.75. The van der Waals surface area contributed by atoms with Crippen molar-refractivity contribution in [3.63, 3.8) is 0 Å². The van der Waals surface area contributed by atoms with Crippen LogP contribution in [0, 0.1) is 41.2 Å². The van der Waals surface area contributed by atoms with Crippen LogP contribution in [0.5, 0.6) is 0 Å². The van der Waals surface area contributed by atoms with Gasteiger partial charge in [0.15, 0.2) is 0 Å². The second kappa shape index (κ2) is 10.0. The van der Waals surface area contributed by atoms with Gasteiger partial charge < -0.3 is 0 Å². The highest BCUT2D eigenvalue weighted by Gasteiger charge is 2.42. The molecule has 3 aliphatic rings. The zero-order valence-corrected chi connectivity index (χ0v) is 19.3. The van der Waals surface area contributed by atoms with E-state index in [1.54, 1.807) is 0 Å². The molecule has 5 unspecified atom stereocenters. The van der Waals surface area contributed by atoms with Crippen LogP contribution in [0.1, 0.15) is 101 Å². The monoisotopic (exact) mass is 456 g/mol. The van der Waals surface area contributed by atoms with Crippen LogP contribution in [0.15, 0.2) is 6.07 Å². The summed E-state index contributed by atoms with van der Waals surface area (Å²) >= 11 is 0. The summed E-state index contributed by atoms with van der Waals surface area (Å²) in [6.07, 6.45) is 10.9. The summed E-state index contributed by atoms with van der Waals surface area (Å²) in [5.41, 5.74) is -1.17. The summed E-state index contributed by atoms with van der Waals surface area (Å²) in [5.74, 6) is 0.520. The van der Waals surface area contributed by atoms with Crippen LogP contribution >= 0.6 is 0 Å². The molecule has 0 amide bonds. The van der Waals surface area contributed by atoms with Gasteiger partial charge in [-0.15, -0.1) is 0 Å². The molecule has 4 rings (SSSR count). The van der Waals surface area contributed by atoms with Crippen molar-refractivity contribution in [1.82, 2.24) is 0 Å². The second-order valence-corrected chi connectivity index (χ2v) is 10.8. The van der Waals surface area contributed by atoms with Gasteiger partial charge in [0.2, 0.25) is 0 Å². The van der Waals surface area contributed by atoms with Crippen LogP contribution in [0.2, 0.25) is 0 Å². The predicted octanol–water partition coefficient (Wildman–Crippen LogP) is 8.89. The molecule has 0 spiro atoms. The third-order valence-corrected chi connectivity index (χ3v) is 8.84. The molecule has 5 atom stereocenters. The average molecular weight is 457 g/mol. The molecule has 0 N–H and O–H groups in total.